The second-order valence-corrected chi connectivity index (χ2v) is 3.00. The van der Waals surface area contributed by atoms with E-state index in [1.807, 2.05) is 0 Å². The molecule has 9 nitrogen and oxygen atoms in total. The number of hydrogen-bond acceptors (Lipinski definition) is 9. The van der Waals surface area contributed by atoms with Crippen LogP contribution in [0.2, 0.25) is 0 Å². The molecule has 1 rings (SSSR count). The van der Waals surface area contributed by atoms with Crippen LogP contribution in [0.5, 0.6) is 6.01 Å². The normalized spacial score (nSPS) is 11.5. The average Bonchev–Trinajstić information content (AvgIpc) is 2.36. The standard InChI is InChI=1S/C8H14N6O3/c1-4(5(15)16-2)10-6-11-7(14-9)13-8(12-6)17-3/h4H,9H2,1-3H3,(H2,10,11,12,13,14). The summed E-state index contributed by atoms with van der Waals surface area (Å²) in [5, 5.41) is 2.73. The van der Waals surface area contributed by atoms with Gasteiger partial charge in [-0.1, -0.05) is 0 Å². The predicted molar refractivity (Wildman–Crippen MR) is 59.3 cm³/mol. The van der Waals surface area contributed by atoms with Gasteiger partial charge < -0.3 is 14.8 Å². The van der Waals surface area contributed by atoms with E-state index in [9.17, 15) is 4.79 Å². The van der Waals surface area contributed by atoms with E-state index >= 15 is 0 Å². The van der Waals surface area contributed by atoms with Crippen molar-refractivity contribution < 1.29 is 14.3 Å². The zero-order valence-corrected chi connectivity index (χ0v) is 9.72. The van der Waals surface area contributed by atoms with Gasteiger partial charge in [0.2, 0.25) is 11.9 Å². The van der Waals surface area contributed by atoms with Gasteiger partial charge in [-0.3, -0.25) is 5.43 Å². The van der Waals surface area contributed by atoms with Crippen molar-refractivity contribution in [3.8, 4) is 6.01 Å². The van der Waals surface area contributed by atoms with Gasteiger partial charge in [0, 0.05) is 0 Å². The molecule has 17 heavy (non-hydrogen) atoms. The molecule has 0 aliphatic heterocycles. The van der Waals surface area contributed by atoms with Gasteiger partial charge in [0.25, 0.3) is 0 Å². The Balaban J connectivity index is 2.86. The lowest BCUT2D eigenvalue weighted by atomic mass is 10.3. The molecule has 1 unspecified atom stereocenters. The Kier molecular flexibility index (Phi) is 4.40. The van der Waals surface area contributed by atoms with Crippen molar-refractivity contribution in [3.63, 3.8) is 0 Å². The molecule has 1 heterocycles. The maximum Gasteiger partial charge on any atom is 0.328 e. The number of nitrogens with one attached hydrogen (secondary N) is 2. The van der Waals surface area contributed by atoms with Crippen molar-refractivity contribution >= 4 is 17.9 Å². The van der Waals surface area contributed by atoms with Crippen molar-refractivity contribution in [2.45, 2.75) is 13.0 Å². The van der Waals surface area contributed by atoms with Crippen LogP contribution < -0.4 is 21.3 Å². The van der Waals surface area contributed by atoms with Gasteiger partial charge in [-0.15, -0.1) is 0 Å². The zero-order chi connectivity index (χ0) is 12.8. The maximum atomic E-state index is 11.2. The van der Waals surface area contributed by atoms with Crippen LogP contribution in [0.15, 0.2) is 0 Å². The molecule has 1 atom stereocenters. The number of nitrogen functional groups attached to an aromatic ring is 1. The molecule has 0 saturated heterocycles. The van der Waals surface area contributed by atoms with Gasteiger partial charge in [0.15, 0.2) is 0 Å². The number of anilines is 2. The van der Waals surface area contributed by atoms with Gasteiger partial charge in [0.1, 0.15) is 6.04 Å². The second kappa shape index (κ2) is 5.80. The van der Waals surface area contributed by atoms with Crippen LogP contribution in [0.1, 0.15) is 6.92 Å². The Morgan fingerprint density at radius 2 is 1.94 bits per heavy atom. The van der Waals surface area contributed by atoms with E-state index in [0.29, 0.717) is 0 Å². The van der Waals surface area contributed by atoms with E-state index in [1.54, 1.807) is 6.92 Å². The first kappa shape index (κ1) is 12.9. The molecule has 1 aromatic rings. The lowest BCUT2D eigenvalue weighted by molar-refractivity contribution is -0.141. The summed E-state index contributed by atoms with van der Waals surface area (Å²) in [4.78, 5) is 22.8. The van der Waals surface area contributed by atoms with Crippen LogP contribution >= 0.6 is 0 Å². The van der Waals surface area contributed by atoms with E-state index in [2.05, 4.69) is 30.4 Å². The van der Waals surface area contributed by atoms with Crippen LogP contribution in [0.25, 0.3) is 0 Å². The summed E-state index contributed by atoms with van der Waals surface area (Å²) >= 11 is 0. The lowest BCUT2D eigenvalue weighted by Crippen LogP contribution is -2.28. The number of carbonyl (C=O) groups is 1. The molecule has 4 N–H and O–H groups in total. The van der Waals surface area contributed by atoms with Gasteiger partial charge in [-0.2, -0.15) is 15.0 Å². The topological polar surface area (TPSA) is 124 Å². The van der Waals surface area contributed by atoms with Crippen LogP contribution in [0.4, 0.5) is 11.9 Å². The first-order chi connectivity index (χ1) is 8.10. The highest BCUT2D eigenvalue weighted by atomic mass is 16.5. The minimum atomic E-state index is -0.599. The third-order valence-electron chi connectivity index (χ3n) is 1.83. The highest BCUT2D eigenvalue weighted by molar-refractivity contribution is 5.77. The fraction of sp³-hybridized carbons (Fsp3) is 0.500. The van der Waals surface area contributed by atoms with Crippen LogP contribution in [0.3, 0.4) is 0 Å². The molecular weight excluding hydrogens is 228 g/mol. The number of nitrogens with two attached hydrogens (primary N) is 1. The monoisotopic (exact) mass is 242 g/mol. The van der Waals surface area contributed by atoms with Crippen LogP contribution in [-0.2, 0) is 9.53 Å². The van der Waals surface area contributed by atoms with E-state index in [0.717, 1.165) is 0 Å². The Hall–Kier alpha value is -2.16. The van der Waals surface area contributed by atoms with Crippen LogP contribution in [-0.4, -0.2) is 41.2 Å². The number of rotatable bonds is 5. The van der Waals surface area contributed by atoms with E-state index < -0.39 is 12.0 Å². The number of aromatic nitrogens is 3. The molecule has 0 amide bonds. The molecule has 0 bridgehead atoms. The van der Waals surface area contributed by atoms with Crippen LogP contribution in [0, 0.1) is 0 Å². The number of nitrogens with zero attached hydrogens (tertiary/aromatic N) is 3. The smallest absolute Gasteiger partial charge is 0.328 e. The maximum absolute atomic E-state index is 11.2. The summed E-state index contributed by atoms with van der Waals surface area (Å²) in [6, 6.07) is -0.523. The summed E-state index contributed by atoms with van der Waals surface area (Å²) in [6.45, 7) is 1.61. The Bertz CT molecular complexity index is 377. The minimum Gasteiger partial charge on any atom is -0.467 e. The Morgan fingerprint density at radius 3 is 2.47 bits per heavy atom. The summed E-state index contributed by atoms with van der Waals surface area (Å²) in [5.74, 6) is 5.02. The summed E-state index contributed by atoms with van der Waals surface area (Å²) in [7, 11) is 2.70. The predicted octanol–water partition coefficient (Wildman–Crippen LogP) is -0.861. The number of ether oxygens (including phenoxy) is 2. The van der Waals surface area contributed by atoms with Gasteiger partial charge in [-0.05, 0) is 6.92 Å². The quantitative estimate of drug-likeness (QED) is 0.343. The van der Waals surface area contributed by atoms with E-state index in [-0.39, 0.29) is 17.9 Å². The van der Waals surface area contributed by atoms with Crippen molar-refractivity contribution in [2.24, 2.45) is 5.84 Å². The molecule has 0 spiro atoms. The van der Waals surface area contributed by atoms with Crippen molar-refractivity contribution in [2.75, 3.05) is 25.0 Å². The van der Waals surface area contributed by atoms with Crippen molar-refractivity contribution in [3.05, 3.63) is 0 Å². The minimum absolute atomic E-state index is 0.0764. The molecule has 0 aliphatic carbocycles. The number of carbonyl (C=O) groups excluding carboxylic acids is 1. The Morgan fingerprint density at radius 1 is 1.29 bits per heavy atom. The summed E-state index contributed by atoms with van der Waals surface area (Å²) in [6.07, 6.45) is 0. The van der Waals surface area contributed by atoms with E-state index in [1.165, 1.54) is 14.2 Å². The first-order valence-electron chi connectivity index (χ1n) is 4.71. The summed E-state index contributed by atoms with van der Waals surface area (Å²) < 4.78 is 9.40. The molecule has 0 aliphatic rings. The fourth-order valence-corrected chi connectivity index (χ4v) is 1.01. The second-order valence-electron chi connectivity index (χ2n) is 3.00. The number of methoxy groups -OCH3 is 2. The molecule has 1 aromatic heterocycles. The molecule has 0 aromatic carbocycles. The number of esters is 1. The Labute approximate surface area is 97.7 Å². The third kappa shape index (κ3) is 3.41. The lowest BCUT2D eigenvalue weighted by Gasteiger charge is -2.12. The highest BCUT2D eigenvalue weighted by Gasteiger charge is 2.15. The summed E-state index contributed by atoms with van der Waals surface area (Å²) in [5.41, 5.74) is 2.26. The molecule has 0 saturated carbocycles. The van der Waals surface area contributed by atoms with Gasteiger partial charge in [-0.25, -0.2) is 10.6 Å². The fourth-order valence-electron chi connectivity index (χ4n) is 1.01. The largest absolute Gasteiger partial charge is 0.467 e. The third-order valence-corrected chi connectivity index (χ3v) is 1.83. The molecule has 94 valence electrons. The molecule has 0 radical (unpaired) electrons. The van der Waals surface area contributed by atoms with Crippen molar-refractivity contribution in [1.82, 2.24) is 15.0 Å². The first-order valence-corrected chi connectivity index (χ1v) is 4.71. The molecule has 9 heteroatoms. The zero-order valence-electron chi connectivity index (χ0n) is 9.72. The average molecular weight is 242 g/mol. The van der Waals surface area contributed by atoms with Gasteiger partial charge in [0.05, 0.1) is 14.2 Å². The molecular formula is C8H14N6O3. The molecule has 0 fully saturated rings. The van der Waals surface area contributed by atoms with Crippen molar-refractivity contribution in [1.29, 1.82) is 0 Å². The SMILES string of the molecule is COC(=O)C(C)Nc1nc(NN)nc(OC)n1. The highest BCUT2D eigenvalue weighted by Crippen LogP contribution is 2.10. The van der Waals surface area contributed by atoms with E-state index in [4.69, 9.17) is 10.6 Å². The number of hydrogen-bond donors (Lipinski definition) is 3. The van der Waals surface area contributed by atoms with Gasteiger partial charge >= 0.3 is 12.0 Å². The number of hydrazine groups is 1.